The highest BCUT2D eigenvalue weighted by atomic mass is 35.5. The summed E-state index contributed by atoms with van der Waals surface area (Å²) in [4.78, 5) is 14.7. The first-order chi connectivity index (χ1) is 12.2. The summed E-state index contributed by atoms with van der Waals surface area (Å²) >= 11 is 6.04. The topological polar surface area (TPSA) is 41.6 Å². The van der Waals surface area contributed by atoms with E-state index in [1.54, 1.807) is 6.07 Å². The van der Waals surface area contributed by atoms with Gasteiger partial charge < -0.3 is 15.0 Å². The highest BCUT2D eigenvalue weighted by Crippen LogP contribution is 2.30. The fourth-order valence-corrected chi connectivity index (χ4v) is 3.49. The molecule has 0 saturated carbocycles. The summed E-state index contributed by atoms with van der Waals surface area (Å²) in [5.41, 5.74) is 2.63. The van der Waals surface area contributed by atoms with Crippen molar-refractivity contribution < 1.29 is 9.53 Å². The second-order valence-corrected chi connectivity index (χ2v) is 6.82. The van der Waals surface area contributed by atoms with Crippen LogP contribution in [-0.2, 0) is 4.79 Å². The molecule has 0 aliphatic carbocycles. The van der Waals surface area contributed by atoms with Gasteiger partial charge in [0.25, 0.3) is 5.91 Å². The van der Waals surface area contributed by atoms with Crippen molar-refractivity contribution in [3.8, 4) is 5.75 Å². The molecule has 0 radical (unpaired) electrons. The van der Waals surface area contributed by atoms with Crippen LogP contribution in [0.4, 0.5) is 5.69 Å². The van der Waals surface area contributed by atoms with Crippen molar-refractivity contribution in [1.82, 2.24) is 4.90 Å². The highest BCUT2D eigenvalue weighted by molar-refractivity contribution is 6.30. The van der Waals surface area contributed by atoms with Crippen molar-refractivity contribution in [2.24, 2.45) is 0 Å². The molecule has 2 aliphatic rings. The third kappa shape index (κ3) is 3.49. The second-order valence-electron chi connectivity index (χ2n) is 6.39. The van der Waals surface area contributed by atoms with E-state index in [9.17, 15) is 4.79 Å². The van der Waals surface area contributed by atoms with Gasteiger partial charge >= 0.3 is 0 Å². The summed E-state index contributed by atoms with van der Waals surface area (Å²) in [7, 11) is 0. The van der Waals surface area contributed by atoms with Crippen LogP contribution in [0, 0.1) is 0 Å². The molecule has 5 heteroatoms. The number of likely N-dealkylation sites (tertiary alicyclic amines) is 1. The average Bonchev–Trinajstić information content (AvgIpc) is 3.09. The number of para-hydroxylation sites is 1. The summed E-state index contributed by atoms with van der Waals surface area (Å²) in [6.07, 6.45) is 2.84. The lowest BCUT2D eigenvalue weighted by Crippen LogP contribution is -2.34. The molecule has 2 aromatic rings. The van der Waals surface area contributed by atoms with Gasteiger partial charge in [0.2, 0.25) is 0 Å². The van der Waals surface area contributed by atoms with Gasteiger partial charge in [-0.25, -0.2) is 0 Å². The SMILES string of the molecule is O=C(C1=Cc2cc(Cl)ccc2OC1)N1CCC(Nc2ccccc2)C1. The van der Waals surface area contributed by atoms with Crippen molar-refractivity contribution in [1.29, 1.82) is 0 Å². The minimum atomic E-state index is 0.0444. The Morgan fingerprint density at radius 3 is 2.88 bits per heavy atom. The van der Waals surface area contributed by atoms with Crippen molar-refractivity contribution in [3.05, 3.63) is 64.7 Å². The first-order valence-corrected chi connectivity index (χ1v) is 8.80. The molecule has 2 aliphatic heterocycles. The normalized spacial score (nSPS) is 19.0. The minimum Gasteiger partial charge on any atom is -0.488 e. The molecule has 1 N–H and O–H groups in total. The van der Waals surface area contributed by atoms with Crippen LogP contribution in [-0.4, -0.2) is 36.5 Å². The van der Waals surface area contributed by atoms with E-state index in [-0.39, 0.29) is 11.9 Å². The number of carbonyl (C=O) groups is 1. The number of hydrogen-bond donors (Lipinski definition) is 1. The molecule has 0 bridgehead atoms. The molecule has 1 fully saturated rings. The van der Waals surface area contributed by atoms with E-state index in [4.69, 9.17) is 16.3 Å². The molecule has 0 aromatic heterocycles. The Balaban J connectivity index is 1.44. The Morgan fingerprint density at radius 2 is 2.04 bits per heavy atom. The number of halogens is 1. The monoisotopic (exact) mass is 354 g/mol. The number of carbonyl (C=O) groups excluding carboxylic acids is 1. The lowest BCUT2D eigenvalue weighted by Gasteiger charge is -2.22. The number of anilines is 1. The third-order valence-corrected chi connectivity index (χ3v) is 4.81. The molecule has 1 unspecified atom stereocenters. The molecular formula is C20H19ClN2O2. The standard InChI is InChI=1S/C20H19ClN2O2/c21-16-6-7-19-14(11-16)10-15(13-25-19)20(24)23-9-8-18(12-23)22-17-4-2-1-3-5-17/h1-7,10-11,18,22H,8-9,12-13H2. The lowest BCUT2D eigenvalue weighted by atomic mass is 10.1. The Labute approximate surface area is 152 Å². The minimum absolute atomic E-state index is 0.0444. The highest BCUT2D eigenvalue weighted by Gasteiger charge is 2.29. The molecule has 128 valence electrons. The summed E-state index contributed by atoms with van der Waals surface area (Å²) in [5.74, 6) is 0.814. The first-order valence-electron chi connectivity index (χ1n) is 8.43. The average molecular weight is 355 g/mol. The number of nitrogens with one attached hydrogen (secondary N) is 1. The maximum atomic E-state index is 12.8. The summed E-state index contributed by atoms with van der Waals surface area (Å²) in [6.45, 7) is 1.76. The van der Waals surface area contributed by atoms with Gasteiger partial charge in [0, 0.05) is 35.4 Å². The fraction of sp³-hybridized carbons (Fsp3) is 0.250. The maximum absolute atomic E-state index is 12.8. The number of fused-ring (bicyclic) bond motifs is 1. The number of ether oxygens (including phenoxy) is 1. The molecule has 0 spiro atoms. The van der Waals surface area contributed by atoms with Gasteiger partial charge in [-0.05, 0) is 42.8 Å². The van der Waals surface area contributed by atoms with Crippen molar-refractivity contribution in [2.75, 3.05) is 25.0 Å². The molecule has 4 rings (SSSR count). The Morgan fingerprint density at radius 1 is 1.20 bits per heavy atom. The van der Waals surface area contributed by atoms with E-state index >= 15 is 0 Å². The Hall–Kier alpha value is -2.46. The van der Waals surface area contributed by atoms with Gasteiger partial charge in [0.15, 0.2) is 0 Å². The molecule has 1 saturated heterocycles. The summed E-state index contributed by atoms with van der Waals surface area (Å²) < 4.78 is 5.70. The van der Waals surface area contributed by atoms with E-state index in [1.807, 2.05) is 53.4 Å². The predicted octanol–water partition coefficient (Wildman–Crippen LogP) is 3.83. The zero-order valence-electron chi connectivity index (χ0n) is 13.7. The first kappa shape index (κ1) is 16.0. The lowest BCUT2D eigenvalue weighted by molar-refractivity contribution is -0.126. The fourth-order valence-electron chi connectivity index (χ4n) is 3.31. The van der Waals surface area contributed by atoms with Crippen LogP contribution in [0.15, 0.2) is 54.1 Å². The molecule has 4 nitrogen and oxygen atoms in total. The number of rotatable bonds is 3. The Bertz CT molecular complexity index is 820. The van der Waals surface area contributed by atoms with Crippen LogP contribution in [0.2, 0.25) is 5.02 Å². The number of hydrogen-bond acceptors (Lipinski definition) is 3. The van der Waals surface area contributed by atoms with E-state index in [2.05, 4.69) is 5.32 Å². The smallest absolute Gasteiger partial charge is 0.253 e. The summed E-state index contributed by atoms with van der Waals surface area (Å²) in [6, 6.07) is 15.8. The molecule has 1 amide bonds. The number of benzene rings is 2. The molecule has 1 atom stereocenters. The number of amides is 1. The largest absolute Gasteiger partial charge is 0.488 e. The number of nitrogens with zero attached hydrogens (tertiary/aromatic N) is 1. The van der Waals surface area contributed by atoms with Crippen LogP contribution in [0.25, 0.3) is 6.08 Å². The zero-order chi connectivity index (χ0) is 17.2. The second kappa shape index (κ2) is 6.81. The zero-order valence-corrected chi connectivity index (χ0v) is 14.5. The van der Waals surface area contributed by atoms with Crippen molar-refractivity contribution >= 4 is 29.3 Å². The van der Waals surface area contributed by atoms with E-state index < -0.39 is 0 Å². The van der Waals surface area contributed by atoms with Crippen LogP contribution >= 0.6 is 11.6 Å². The van der Waals surface area contributed by atoms with Crippen LogP contribution in [0.3, 0.4) is 0 Å². The third-order valence-electron chi connectivity index (χ3n) is 4.58. The van der Waals surface area contributed by atoms with Gasteiger partial charge in [-0.15, -0.1) is 0 Å². The van der Waals surface area contributed by atoms with Crippen LogP contribution < -0.4 is 10.1 Å². The van der Waals surface area contributed by atoms with Crippen LogP contribution in [0.1, 0.15) is 12.0 Å². The summed E-state index contributed by atoms with van der Waals surface area (Å²) in [5, 5.41) is 4.13. The Kier molecular flexibility index (Phi) is 4.36. The molecule has 2 aromatic carbocycles. The predicted molar refractivity (Wildman–Crippen MR) is 100.0 cm³/mol. The van der Waals surface area contributed by atoms with Gasteiger partial charge in [-0.1, -0.05) is 29.8 Å². The van der Waals surface area contributed by atoms with Gasteiger partial charge in [-0.3, -0.25) is 4.79 Å². The molecule has 2 heterocycles. The van der Waals surface area contributed by atoms with E-state index in [0.29, 0.717) is 23.7 Å². The van der Waals surface area contributed by atoms with E-state index in [0.717, 1.165) is 30.0 Å². The van der Waals surface area contributed by atoms with Crippen molar-refractivity contribution in [2.45, 2.75) is 12.5 Å². The van der Waals surface area contributed by atoms with Gasteiger partial charge in [0.1, 0.15) is 12.4 Å². The van der Waals surface area contributed by atoms with Crippen LogP contribution in [0.5, 0.6) is 5.75 Å². The van der Waals surface area contributed by atoms with E-state index in [1.165, 1.54) is 0 Å². The maximum Gasteiger partial charge on any atom is 0.253 e. The molecular weight excluding hydrogens is 336 g/mol. The van der Waals surface area contributed by atoms with Gasteiger partial charge in [-0.2, -0.15) is 0 Å². The van der Waals surface area contributed by atoms with Crippen molar-refractivity contribution in [3.63, 3.8) is 0 Å². The quantitative estimate of drug-likeness (QED) is 0.910. The molecule has 25 heavy (non-hydrogen) atoms. The van der Waals surface area contributed by atoms with Gasteiger partial charge in [0.05, 0.1) is 5.57 Å².